The molecular formula is C15H20BrNO. The van der Waals surface area contributed by atoms with E-state index in [1.165, 1.54) is 0 Å². The molecule has 18 heavy (non-hydrogen) atoms. The Bertz CT molecular complexity index is 491. The molecule has 0 atom stereocenters. The van der Waals surface area contributed by atoms with Crippen molar-refractivity contribution in [2.75, 3.05) is 0 Å². The van der Waals surface area contributed by atoms with Crippen LogP contribution in [0.1, 0.15) is 43.6 Å². The van der Waals surface area contributed by atoms with Crippen molar-refractivity contribution in [3.63, 3.8) is 0 Å². The van der Waals surface area contributed by atoms with E-state index in [9.17, 15) is 4.79 Å². The lowest BCUT2D eigenvalue weighted by molar-refractivity contribution is 0.0943. The Morgan fingerprint density at radius 2 is 1.78 bits per heavy atom. The van der Waals surface area contributed by atoms with Gasteiger partial charge >= 0.3 is 0 Å². The number of nitrogens with one attached hydrogen (secondary N) is 1. The van der Waals surface area contributed by atoms with Crippen molar-refractivity contribution in [1.82, 2.24) is 5.32 Å². The normalized spacial score (nSPS) is 20.6. The minimum atomic E-state index is 0.0133. The number of aryl methyl sites for hydroxylation is 1. The highest BCUT2D eigenvalue weighted by molar-refractivity contribution is 9.10. The third-order valence-electron chi connectivity index (χ3n) is 4.73. The maximum absolute atomic E-state index is 12.2. The molecule has 0 spiro atoms. The van der Waals surface area contributed by atoms with Gasteiger partial charge in [0, 0.05) is 16.1 Å². The van der Waals surface area contributed by atoms with E-state index in [2.05, 4.69) is 48.9 Å². The second kappa shape index (κ2) is 4.09. The molecule has 1 aliphatic rings. The number of halogens is 1. The number of hydrogen-bond donors (Lipinski definition) is 1. The van der Waals surface area contributed by atoms with E-state index < -0.39 is 0 Å². The van der Waals surface area contributed by atoms with Crippen LogP contribution in [0.2, 0.25) is 0 Å². The molecule has 2 nitrogen and oxygen atoms in total. The average molecular weight is 310 g/mol. The van der Waals surface area contributed by atoms with Crippen LogP contribution in [0.5, 0.6) is 0 Å². The molecular weight excluding hydrogens is 290 g/mol. The molecule has 0 bridgehead atoms. The number of hydrogen-bond acceptors (Lipinski definition) is 1. The second-order valence-electron chi connectivity index (χ2n) is 6.31. The molecule has 1 N–H and O–H groups in total. The van der Waals surface area contributed by atoms with E-state index >= 15 is 0 Å². The Morgan fingerprint density at radius 3 is 2.22 bits per heavy atom. The maximum atomic E-state index is 12.2. The highest BCUT2D eigenvalue weighted by atomic mass is 79.9. The van der Waals surface area contributed by atoms with E-state index in [1.54, 1.807) is 0 Å². The van der Waals surface area contributed by atoms with Gasteiger partial charge < -0.3 is 5.32 Å². The van der Waals surface area contributed by atoms with Crippen molar-refractivity contribution >= 4 is 21.8 Å². The molecule has 1 saturated carbocycles. The molecule has 2 rings (SSSR count). The maximum Gasteiger partial charge on any atom is 0.251 e. The lowest BCUT2D eigenvalue weighted by Crippen LogP contribution is -2.29. The fraction of sp³-hybridized carbons (Fsp3) is 0.533. The smallest absolute Gasteiger partial charge is 0.251 e. The average Bonchev–Trinajstić information content (AvgIpc) is 2.65. The third kappa shape index (κ3) is 1.99. The van der Waals surface area contributed by atoms with Gasteiger partial charge in [0.2, 0.25) is 0 Å². The van der Waals surface area contributed by atoms with Crippen LogP contribution in [-0.2, 0) is 0 Å². The second-order valence-corrected chi connectivity index (χ2v) is 7.17. The number of carbonyl (C=O) groups is 1. The van der Waals surface area contributed by atoms with Crippen molar-refractivity contribution in [2.45, 2.75) is 40.7 Å². The van der Waals surface area contributed by atoms with Gasteiger partial charge in [0.15, 0.2) is 0 Å². The molecule has 0 aliphatic heterocycles. The topological polar surface area (TPSA) is 29.1 Å². The summed E-state index contributed by atoms with van der Waals surface area (Å²) in [5, 5.41) is 3.14. The van der Waals surface area contributed by atoms with Crippen molar-refractivity contribution in [3.05, 3.63) is 33.8 Å². The zero-order chi connectivity index (χ0) is 13.7. The molecule has 0 aromatic heterocycles. The quantitative estimate of drug-likeness (QED) is 0.881. The van der Waals surface area contributed by atoms with Gasteiger partial charge in [0.05, 0.1) is 0 Å². The van der Waals surface area contributed by atoms with E-state index in [0.717, 1.165) is 10.0 Å². The highest BCUT2D eigenvalue weighted by Gasteiger charge is 2.65. The molecule has 1 aliphatic carbocycles. The molecule has 0 heterocycles. The van der Waals surface area contributed by atoms with Crippen molar-refractivity contribution in [3.8, 4) is 0 Å². The number of carbonyl (C=O) groups excluding carboxylic acids is 1. The molecule has 0 unspecified atom stereocenters. The molecule has 0 radical (unpaired) electrons. The van der Waals surface area contributed by atoms with Gasteiger partial charge in [-0.15, -0.1) is 0 Å². The van der Waals surface area contributed by atoms with Gasteiger partial charge in [-0.25, -0.2) is 0 Å². The van der Waals surface area contributed by atoms with E-state index in [4.69, 9.17) is 0 Å². The Kier molecular flexibility index (Phi) is 3.09. The molecule has 0 saturated heterocycles. The Hall–Kier alpha value is -0.830. The largest absolute Gasteiger partial charge is 0.348 e. The zero-order valence-corrected chi connectivity index (χ0v) is 13.2. The van der Waals surface area contributed by atoms with Crippen LogP contribution in [0.15, 0.2) is 22.7 Å². The summed E-state index contributed by atoms with van der Waals surface area (Å²) in [5.74, 6) is 0.0133. The molecule has 3 heteroatoms. The van der Waals surface area contributed by atoms with Crippen molar-refractivity contribution in [1.29, 1.82) is 0 Å². The molecule has 1 aromatic rings. The van der Waals surface area contributed by atoms with E-state index in [1.807, 2.05) is 25.1 Å². The number of rotatable bonds is 2. The number of benzene rings is 1. The SMILES string of the molecule is Cc1ccc(C(=O)NC2C(C)(C)C2(C)C)cc1Br. The predicted octanol–water partition coefficient (Wildman–Crippen LogP) is 3.92. The summed E-state index contributed by atoms with van der Waals surface area (Å²) in [6.45, 7) is 10.8. The lowest BCUT2D eigenvalue weighted by atomic mass is 10.0. The van der Waals surface area contributed by atoms with Crippen LogP contribution in [0.4, 0.5) is 0 Å². The van der Waals surface area contributed by atoms with Crippen LogP contribution < -0.4 is 5.32 Å². The highest BCUT2D eigenvalue weighted by Crippen LogP contribution is 2.62. The summed E-state index contributed by atoms with van der Waals surface area (Å²) < 4.78 is 0.976. The minimum Gasteiger partial charge on any atom is -0.348 e. The molecule has 1 amide bonds. The summed E-state index contributed by atoms with van der Waals surface area (Å²) in [5.41, 5.74) is 2.19. The summed E-state index contributed by atoms with van der Waals surface area (Å²) in [4.78, 5) is 12.2. The minimum absolute atomic E-state index is 0.0133. The Labute approximate surface area is 117 Å². The van der Waals surface area contributed by atoms with Gasteiger partial charge in [-0.05, 0) is 35.4 Å². The van der Waals surface area contributed by atoms with Gasteiger partial charge in [-0.1, -0.05) is 49.7 Å². The van der Waals surface area contributed by atoms with E-state index in [-0.39, 0.29) is 22.8 Å². The predicted molar refractivity (Wildman–Crippen MR) is 77.7 cm³/mol. The molecule has 1 aromatic carbocycles. The van der Waals surface area contributed by atoms with Gasteiger partial charge in [-0.3, -0.25) is 4.79 Å². The van der Waals surface area contributed by atoms with Crippen molar-refractivity contribution in [2.24, 2.45) is 10.8 Å². The first-order valence-electron chi connectivity index (χ1n) is 6.25. The van der Waals surface area contributed by atoms with Crippen LogP contribution in [-0.4, -0.2) is 11.9 Å². The molecule has 1 fully saturated rings. The van der Waals surface area contributed by atoms with Crippen LogP contribution in [0.25, 0.3) is 0 Å². The third-order valence-corrected chi connectivity index (χ3v) is 5.58. The van der Waals surface area contributed by atoms with Crippen LogP contribution in [0, 0.1) is 17.8 Å². The standard InChI is InChI=1S/C15H20BrNO/c1-9-6-7-10(8-11(9)16)12(18)17-13-14(2,3)15(13,4)5/h6-8,13H,1-5H3,(H,17,18). The van der Waals surface area contributed by atoms with Crippen LogP contribution >= 0.6 is 15.9 Å². The first-order valence-corrected chi connectivity index (χ1v) is 7.04. The molecule has 98 valence electrons. The summed E-state index contributed by atoms with van der Waals surface area (Å²) >= 11 is 3.46. The van der Waals surface area contributed by atoms with Gasteiger partial charge in [-0.2, -0.15) is 0 Å². The fourth-order valence-corrected chi connectivity index (χ4v) is 2.88. The monoisotopic (exact) mass is 309 g/mol. The first-order chi connectivity index (χ1) is 8.18. The Morgan fingerprint density at radius 1 is 1.22 bits per heavy atom. The zero-order valence-electron chi connectivity index (χ0n) is 11.6. The fourth-order valence-electron chi connectivity index (χ4n) is 2.51. The van der Waals surface area contributed by atoms with Crippen molar-refractivity contribution < 1.29 is 4.79 Å². The van der Waals surface area contributed by atoms with Crippen LogP contribution in [0.3, 0.4) is 0 Å². The van der Waals surface area contributed by atoms with Gasteiger partial charge in [0.25, 0.3) is 5.91 Å². The number of amides is 1. The summed E-state index contributed by atoms with van der Waals surface area (Å²) in [7, 11) is 0. The first kappa shape index (κ1) is 13.6. The lowest BCUT2D eigenvalue weighted by Gasteiger charge is -2.08. The summed E-state index contributed by atoms with van der Waals surface area (Å²) in [6, 6.07) is 5.96. The summed E-state index contributed by atoms with van der Waals surface area (Å²) in [6.07, 6.45) is 0. The Balaban J connectivity index is 2.12. The van der Waals surface area contributed by atoms with E-state index in [0.29, 0.717) is 5.56 Å². The van der Waals surface area contributed by atoms with Gasteiger partial charge in [0.1, 0.15) is 0 Å².